The van der Waals surface area contributed by atoms with Gasteiger partial charge in [0, 0.05) is 13.0 Å². The Bertz CT molecular complexity index is 739. The molecule has 150 valence electrons. The Kier molecular flexibility index (Phi) is 9.40. The molecule has 0 aliphatic rings. The van der Waals surface area contributed by atoms with E-state index in [0.29, 0.717) is 19.4 Å². The van der Waals surface area contributed by atoms with Crippen LogP contribution in [0.15, 0.2) is 35.2 Å². The van der Waals surface area contributed by atoms with Crippen LogP contribution in [0.2, 0.25) is 0 Å². The molecule has 0 bridgehead atoms. The van der Waals surface area contributed by atoms with Gasteiger partial charge in [0.2, 0.25) is 21.8 Å². The normalized spacial score (nSPS) is 12.2. The summed E-state index contributed by atoms with van der Waals surface area (Å²) in [6, 6.07) is 5.71. The molecule has 6 N–H and O–H groups in total. The highest BCUT2D eigenvalue weighted by atomic mass is 32.2. The van der Waals surface area contributed by atoms with Crippen LogP contribution in [0, 0.1) is 0 Å². The molecular formula is C16H24N4O6S. The first-order valence-corrected chi connectivity index (χ1v) is 9.78. The second-order valence-corrected chi connectivity index (χ2v) is 7.37. The highest BCUT2D eigenvalue weighted by molar-refractivity contribution is 7.89. The van der Waals surface area contributed by atoms with Crippen LogP contribution in [0.4, 0.5) is 0 Å². The molecule has 0 saturated carbocycles. The largest absolute Gasteiger partial charge is 0.480 e. The predicted molar refractivity (Wildman–Crippen MR) is 97.1 cm³/mol. The van der Waals surface area contributed by atoms with Gasteiger partial charge in [-0.3, -0.25) is 14.4 Å². The fraction of sp³-hybridized carbons (Fsp3) is 0.438. The van der Waals surface area contributed by atoms with E-state index in [1.807, 2.05) is 4.72 Å². The van der Waals surface area contributed by atoms with E-state index in [-0.39, 0.29) is 23.8 Å². The molecule has 0 spiro atoms. The highest BCUT2D eigenvalue weighted by Gasteiger charge is 2.25. The first-order valence-electron chi connectivity index (χ1n) is 8.30. The van der Waals surface area contributed by atoms with Crippen LogP contribution in [-0.4, -0.2) is 57.0 Å². The van der Waals surface area contributed by atoms with Crippen molar-refractivity contribution in [1.82, 2.24) is 15.4 Å². The van der Waals surface area contributed by atoms with Crippen LogP contribution in [-0.2, 0) is 24.4 Å². The smallest absolute Gasteiger partial charge is 0.323 e. The van der Waals surface area contributed by atoms with Crippen molar-refractivity contribution >= 4 is 27.8 Å². The maximum Gasteiger partial charge on any atom is 0.323 e. The maximum atomic E-state index is 12.2. The zero-order chi connectivity index (χ0) is 20.3. The lowest BCUT2D eigenvalue weighted by molar-refractivity contribution is -0.139. The number of carbonyl (C=O) groups is 3. The quantitative estimate of drug-likeness (QED) is 0.274. The fourth-order valence-electron chi connectivity index (χ4n) is 2.01. The molecule has 0 aromatic heterocycles. The Labute approximate surface area is 157 Å². The number of aliphatic carboxylic acids is 1. The summed E-state index contributed by atoms with van der Waals surface area (Å²) >= 11 is 0. The lowest BCUT2D eigenvalue weighted by Gasteiger charge is -2.15. The number of sulfonamides is 1. The molecule has 11 heteroatoms. The minimum atomic E-state index is -4.05. The number of rotatable bonds is 12. The number of unbranched alkanes of at least 4 members (excludes halogenated alkanes) is 1. The standard InChI is InChI=1S/C16H24N4O6S/c17-9-5-4-8-14(21)19-11-15(22)18-10-13(16(23)24)20-27(25,26)12-6-2-1-3-7-12/h1-3,6-7,13,20H,4-5,8-11,17H2,(H,18,22)(H,19,21)(H,23,24)/t13-/m0/s1. The molecule has 0 aliphatic carbocycles. The van der Waals surface area contributed by atoms with Crippen LogP contribution in [0.5, 0.6) is 0 Å². The van der Waals surface area contributed by atoms with Gasteiger partial charge in [-0.05, 0) is 31.5 Å². The number of hydrogen-bond donors (Lipinski definition) is 5. The molecule has 1 rings (SSSR count). The summed E-state index contributed by atoms with van der Waals surface area (Å²) in [4.78, 5) is 34.4. The summed E-state index contributed by atoms with van der Waals surface area (Å²) in [7, 11) is -4.05. The molecule has 1 atom stereocenters. The summed E-state index contributed by atoms with van der Waals surface area (Å²) in [6.07, 6.45) is 1.53. The number of benzene rings is 1. The minimum absolute atomic E-state index is 0.0904. The molecule has 0 heterocycles. The van der Waals surface area contributed by atoms with Gasteiger partial charge < -0.3 is 21.5 Å². The lowest BCUT2D eigenvalue weighted by Crippen LogP contribution is -2.49. The van der Waals surface area contributed by atoms with Gasteiger partial charge in [-0.15, -0.1) is 0 Å². The Morgan fingerprint density at radius 3 is 2.30 bits per heavy atom. The molecule has 10 nitrogen and oxygen atoms in total. The van der Waals surface area contributed by atoms with Crippen LogP contribution >= 0.6 is 0 Å². The van der Waals surface area contributed by atoms with Crippen molar-refractivity contribution in [2.45, 2.75) is 30.2 Å². The first kappa shape index (κ1) is 22.5. The van der Waals surface area contributed by atoms with Gasteiger partial charge in [0.15, 0.2) is 0 Å². The average molecular weight is 400 g/mol. The van der Waals surface area contributed by atoms with Crippen molar-refractivity contribution in [2.24, 2.45) is 5.73 Å². The molecule has 0 fully saturated rings. The summed E-state index contributed by atoms with van der Waals surface area (Å²) < 4.78 is 26.4. The topological polar surface area (TPSA) is 168 Å². The SMILES string of the molecule is NCCCCC(=O)NCC(=O)NC[C@H](NS(=O)(=O)c1ccccc1)C(=O)O. The maximum absolute atomic E-state index is 12.2. The van der Waals surface area contributed by atoms with Crippen LogP contribution in [0.3, 0.4) is 0 Å². The highest BCUT2D eigenvalue weighted by Crippen LogP contribution is 2.07. The van der Waals surface area contributed by atoms with E-state index < -0.39 is 34.5 Å². The molecular weight excluding hydrogens is 376 g/mol. The van der Waals surface area contributed by atoms with Crippen molar-refractivity contribution in [3.8, 4) is 0 Å². The number of carbonyl (C=O) groups excluding carboxylic acids is 2. The monoisotopic (exact) mass is 400 g/mol. The van der Waals surface area contributed by atoms with Crippen molar-refractivity contribution < 1.29 is 27.9 Å². The molecule has 0 aliphatic heterocycles. The molecule has 0 radical (unpaired) electrons. The molecule has 0 unspecified atom stereocenters. The van der Waals surface area contributed by atoms with Gasteiger partial charge in [-0.25, -0.2) is 8.42 Å². The number of carboxylic acids is 1. The predicted octanol–water partition coefficient (Wildman–Crippen LogP) is -1.22. The van der Waals surface area contributed by atoms with E-state index in [2.05, 4.69) is 10.6 Å². The number of amides is 2. The van der Waals surface area contributed by atoms with Crippen LogP contribution in [0.25, 0.3) is 0 Å². The Balaban J connectivity index is 2.50. The second-order valence-electron chi connectivity index (χ2n) is 5.65. The molecule has 27 heavy (non-hydrogen) atoms. The van der Waals surface area contributed by atoms with Crippen molar-refractivity contribution in [1.29, 1.82) is 0 Å². The van der Waals surface area contributed by atoms with Gasteiger partial charge >= 0.3 is 5.97 Å². The molecule has 2 amide bonds. The average Bonchev–Trinajstić information content (AvgIpc) is 2.64. The molecule has 1 aromatic rings. The van der Waals surface area contributed by atoms with Crippen LogP contribution < -0.4 is 21.1 Å². The minimum Gasteiger partial charge on any atom is -0.480 e. The van der Waals surface area contributed by atoms with Gasteiger partial charge in [0.25, 0.3) is 0 Å². The van der Waals surface area contributed by atoms with Crippen molar-refractivity contribution in [2.75, 3.05) is 19.6 Å². The van der Waals surface area contributed by atoms with Crippen molar-refractivity contribution in [3.63, 3.8) is 0 Å². The first-order chi connectivity index (χ1) is 12.8. The third-order valence-electron chi connectivity index (χ3n) is 3.46. The van der Waals surface area contributed by atoms with Gasteiger partial charge in [-0.1, -0.05) is 18.2 Å². The Morgan fingerprint density at radius 2 is 1.70 bits per heavy atom. The summed E-state index contributed by atoms with van der Waals surface area (Å²) in [5.74, 6) is -2.40. The van der Waals surface area contributed by atoms with E-state index in [1.54, 1.807) is 6.07 Å². The lowest BCUT2D eigenvalue weighted by atomic mass is 10.2. The van der Waals surface area contributed by atoms with E-state index >= 15 is 0 Å². The van der Waals surface area contributed by atoms with E-state index in [1.165, 1.54) is 24.3 Å². The summed E-state index contributed by atoms with van der Waals surface area (Å²) in [6.45, 7) is -0.328. The van der Waals surface area contributed by atoms with E-state index in [9.17, 15) is 27.9 Å². The molecule has 1 aromatic carbocycles. The second kappa shape index (κ2) is 11.3. The zero-order valence-electron chi connectivity index (χ0n) is 14.7. The Hall–Kier alpha value is -2.50. The Morgan fingerprint density at radius 1 is 1.04 bits per heavy atom. The van der Waals surface area contributed by atoms with Crippen molar-refractivity contribution in [3.05, 3.63) is 30.3 Å². The fourth-order valence-corrected chi connectivity index (χ4v) is 3.22. The van der Waals surface area contributed by atoms with Gasteiger partial charge in [0.05, 0.1) is 11.4 Å². The number of nitrogens with two attached hydrogens (primary N) is 1. The summed E-state index contributed by atoms with van der Waals surface area (Å²) in [5.41, 5.74) is 5.32. The van der Waals surface area contributed by atoms with Gasteiger partial charge in [0.1, 0.15) is 6.04 Å². The van der Waals surface area contributed by atoms with Gasteiger partial charge in [-0.2, -0.15) is 4.72 Å². The number of carboxylic acid groups (broad SMARTS) is 1. The van der Waals surface area contributed by atoms with E-state index in [4.69, 9.17) is 5.73 Å². The third-order valence-corrected chi connectivity index (χ3v) is 4.94. The summed E-state index contributed by atoms with van der Waals surface area (Å²) in [5, 5.41) is 13.8. The zero-order valence-corrected chi connectivity index (χ0v) is 15.5. The number of hydrogen-bond acceptors (Lipinski definition) is 6. The molecule has 0 saturated heterocycles. The number of nitrogens with one attached hydrogen (secondary N) is 3. The van der Waals surface area contributed by atoms with E-state index in [0.717, 1.165) is 0 Å². The van der Waals surface area contributed by atoms with Crippen LogP contribution in [0.1, 0.15) is 19.3 Å². The third kappa shape index (κ3) is 8.62.